The first-order valence-electron chi connectivity index (χ1n) is 3.85. The molecular formula is C6H12N4O3S. The minimum atomic E-state index is -4.04. The summed E-state index contributed by atoms with van der Waals surface area (Å²) in [6, 6.07) is -0.553. The van der Waals surface area contributed by atoms with E-state index in [2.05, 4.69) is 5.10 Å². The van der Waals surface area contributed by atoms with Gasteiger partial charge >= 0.3 is 0 Å². The molecule has 0 spiro atoms. The summed E-state index contributed by atoms with van der Waals surface area (Å²) >= 11 is 0. The van der Waals surface area contributed by atoms with Crippen LogP contribution < -0.4 is 11.5 Å². The highest BCUT2D eigenvalue weighted by Crippen LogP contribution is 2.18. The molecule has 0 fully saturated rings. The molecule has 0 saturated heterocycles. The van der Waals surface area contributed by atoms with Crippen molar-refractivity contribution in [1.82, 2.24) is 9.78 Å². The van der Waals surface area contributed by atoms with E-state index in [1.165, 1.54) is 10.9 Å². The predicted molar refractivity (Wildman–Crippen MR) is 52.2 cm³/mol. The van der Waals surface area contributed by atoms with Crippen LogP contribution >= 0.6 is 0 Å². The van der Waals surface area contributed by atoms with E-state index in [9.17, 15) is 8.42 Å². The molecule has 0 aliphatic heterocycles. The molecule has 1 aromatic heterocycles. The summed E-state index contributed by atoms with van der Waals surface area (Å²) in [6.07, 6.45) is 1.33. The highest BCUT2D eigenvalue weighted by atomic mass is 32.2. The molecule has 1 heterocycles. The Morgan fingerprint density at radius 3 is 2.57 bits per heavy atom. The van der Waals surface area contributed by atoms with Crippen molar-refractivity contribution >= 4 is 21.6 Å². The highest BCUT2D eigenvalue weighted by Gasteiger charge is 2.17. The van der Waals surface area contributed by atoms with Crippen LogP contribution in [0.25, 0.3) is 0 Å². The lowest BCUT2D eigenvalue weighted by Crippen LogP contribution is -2.19. The summed E-state index contributed by atoms with van der Waals surface area (Å²) in [5.74, 6) is -0.251. The summed E-state index contributed by atoms with van der Waals surface area (Å²) in [6.45, 7) is 1.57. The van der Waals surface area contributed by atoms with Crippen molar-refractivity contribution < 1.29 is 13.0 Å². The van der Waals surface area contributed by atoms with Crippen molar-refractivity contribution in [3.8, 4) is 0 Å². The molecule has 0 amide bonds. The maximum absolute atomic E-state index is 10.6. The largest absolute Gasteiger partial charge is 0.394 e. The van der Waals surface area contributed by atoms with Gasteiger partial charge in [0, 0.05) is 0 Å². The smallest absolute Gasteiger partial charge is 0.266 e. The van der Waals surface area contributed by atoms with Gasteiger partial charge in [-0.2, -0.15) is 13.5 Å². The van der Waals surface area contributed by atoms with Crippen molar-refractivity contribution in [3.05, 3.63) is 6.20 Å². The quantitative estimate of drug-likeness (QED) is 0.589. The molecule has 8 heteroatoms. The normalized spacial score (nSPS) is 14.1. The van der Waals surface area contributed by atoms with Gasteiger partial charge < -0.3 is 11.5 Å². The third kappa shape index (κ3) is 2.36. The van der Waals surface area contributed by atoms with Crippen molar-refractivity contribution in [2.24, 2.45) is 0 Å². The topological polar surface area (TPSA) is 124 Å². The fourth-order valence-corrected chi connectivity index (χ4v) is 1.86. The Morgan fingerprint density at radius 1 is 1.64 bits per heavy atom. The zero-order valence-corrected chi connectivity index (χ0v) is 8.40. The number of nitrogen functional groups attached to an aromatic ring is 2. The summed E-state index contributed by atoms with van der Waals surface area (Å²) < 4.78 is 31.0. The highest BCUT2D eigenvalue weighted by molar-refractivity contribution is 7.85. The van der Waals surface area contributed by atoms with E-state index in [0.717, 1.165) is 0 Å². The van der Waals surface area contributed by atoms with Crippen LogP contribution in [0.3, 0.4) is 0 Å². The first-order chi connectivity index (χ1) is 6.31. The molecule has 0 aliphatic rings. The van der Waals surface area contributed by atoms with Gasteiger partial charge in [0.05, 0.1) is 23.7 Å². The van der Waals surface area contributed by atoms with E-state index in [0.29, 0.717) is 0 Å². The zero-order valence-electron chi connectivity index (χ0n) is 7.58. The Hall–Kier alpha value is -1.28. The second kappa shape index (κ2) is 3.46. The van der Waals surface area contributed by atoms with E-state index in [4.69, 9.17) is 16.0 Å². The molecule has 0 aliphatic carbocycles. The third-order valence-electron chi connectivity index (χ3n) is 1.73. The van der Waals surface area contributed by atoms with E-state index < -0.39 is 21.9 Å². The van der Waals surface area contributed by atoms with Gasteiger partial charge in [0.25, 0.3) is 10.1 Å². The molecule has 14 heavy (non-hydrogen) atoms. The molecule has 7 nitrogen and oxygen atoms in total. The Balaban J connectivity index is 2.90. The van der Waals surface area contributed by atoms with Crippen molar-refractivity contribution in [1.29, 1.82) is 0 Å². The molecule has 1 rings (SSSR count). The maximum atomic E-state index is 10.6. The first-order valence-corrected chi connectivity index (χ1v) is 5.46. The van der Waals surface area contributed by atoms with Crippen molar-refractivity contribution in [3.63, 3.8) is 0 Å². The lowest BCUT2D eigenvalue weighted by molar-refractivity contribution is 0.458. The van der Waals surface area contributed by atoms with Crippen LogP contribution in [-0.2, 0) is 10.1 Å². The minimum Gasteiger partial charge on any atom is -0.394 e. The van der Waals surface area contributed by atoms with Gasteiger partial charge in [0.15, 0.2) is 0 Å². The second-order valence-corrected chi connectivity index (χ2v) is 4.52. The first kappa shape index (κ1) is 10.8. The summed E-state index contributed by atoms with van der Waals surface area (Å²) in [5, 5.41) is 3.79. The zero-order chi connectivity index (χ0) is 10.9. The second-order valence-electron chi connectivity index (χ2n) is 3.03. The molecule has 1 unspecified atom stereocenters. The van der Waals surface area contributed by atoms with E-state index in [1.807, 2.05) is 0 Å². The molecule has 1 aromatic rings. The van der Waals surface area contributed by atoms with Crippen LogP contribution in [0.4, 0.5) is 11.5 Å². The van der Waals surface area contributed by atoms with Crippen LogP contribution in [-0.4, -0.2) is 28.5 Å². The van der Waals surface area contributed by atoms with Crippen LogP contribution in [0.2, 0.25) is 0 Å². The Bertz CT molecular complexity index is 424. The number of hydrogen-bond acceptors (Lipinski definition) is 5. The van der Waals surface area contributed by atoms with Gasteiger partial charge in [-0.3, -0.25) is 4.55 Å². The third-order valence-corrected chi connectivity index (χ3v) is 2.64. The van der Waals surface area contributed by atoms with Gasteiger partial charge in [-0.15, -0.1) is 0 Å². The summed E-state index contributed by atoms with van der Waals surface area (Å²) in [5.41, 5.74) is 11.2. The van der Waals surface area contributed by atoms with Gasteiger partial charge in [-0.25, -0.2) is 4.68 Å². The molecule has 0 saturated carbocycles. The number of aromatic nitrogens is 2. The van der Waals surface area contributed by atoms with E-state index >= 15 is 0 Å². The van der Waals surface area contributed by atoms with Crippen LogP contribution in [0.1, 0.15) is 13.0 Å². The monoisotopic (exact) mass is 220 g/mol. The number of nitrogens with zero attached hydrogens (tertiary/aromatic N) is 2. The average molecular weight is 220 g/mol. The Morgan fingerprint density at radius 2 is 2.21 bits per heavy atom. The maximum Gasteiger partial charge on any atom is 0.266 e. The number of anilines is 2. The van der Waals surface area contributed by atoms with E-state index in [-0.39, 0.29) is 11.5 Å². The Kier molecular flexibility index (Phi) is 2.67. The molecule has 80 valence electrons. The summed E-state index contributed by atoms with van der Waals surface area (Å²) in [4.78, 5) is 0. The fourth-order valence-electron chi connectivity index (χ4n) is 1.11. The molecule has 0 bridgehead atoms. The number of nitrogens with two attached hydrogens (primary N) is 2. The standard InChI is InChI=1S/C6H12N4O3S/c1-4(3-14(11,12)13)10-6(8)5(7)2-9-10/h2,4H,3,7-8H2,1H3,(H,11,12,13). The number of hydrogen-bond donors (Lipinski definition) is 3. The van der Waals surface area contributed by atoms with Gasteiger partial charge in [0.1, 0.15) is 5.82 Å². The number of rotatable bonds is 3. The van der Waals surface area contributed by atoms with Crippen molar-refractivity contribution in [2.45, 2.75) is 13.0 Å². The molecule has 0 aromatic carbocycles. The predicted octanol–water partition coefficient (Wildman–Crippen LogP) is -0.504. The van der Waals surface area contributed by atoms with Crippen LogP contribution in [0.15, 0.2) is 6.20 Å². The SMILES string of the molecule is CC(CS(=O)(=O)O)n1ncc(N)c1N. The minimum absolute atomic E-state index is 0.196. The summed E-state index contributed by atoms with van der Waals surface area (Å²) in [7, 11) is -4.04. The van der Waals surface area contributed by atoms with Gasteiger partial charge in [0.2, 0.25) is 0 Å². The molecule has 1 atom stereocenters. The lowest BCUT2D eigenvalue weighted by atomic mass is 10.4. The molecule has 0 radical (unpaired) electrons. The van der Waals surface area contributed by atoms with Crippen molar-refractivity contribution in [2.75, 3.05) is 17.2 Å². The van der Waals surface area contributed by atoms with Gasteiger partial charge in [-0.1, -0.05) is 0 Å². The fraction of sp³-hybridized carbons (Fsp3) is 0.500. The average Bonchev–Trinajstić information content (AvgIpc) is 2.29. The lowest BCUT2D eigenvalue weighted by Gasteiger charge is -2.11. The molecular weight excluding hydrogens is 208 g/mol. The molecule has 5 N–H and O–H groups in total. The van der Waals surface area contributed by atoms with Crippen LogP contribution in [0, 0.1) is 0 Å². The van der Waals surface area contributed by atoms with E-state index in [1.54, 1.807) is 6.92 Å². The van der Waals surface area contributed by atoms with Gasteiger partial charge in [-0.05, 0) is 6.92 Å². The van der Waals surface area contributed by atoms with Crippen LogP contribution in [0.5, 0.6) is 0 Å². The Labute approximate surface area is 81.4 Å².